The van der Waals surface area contributed by atoms with Crippen LogP contribution in [0.4, 0.5) is 0 Å². The minimum atomic E-state index is -0.553. The summed E-state index contributed by atoms with van der Waals surface area (Å²) in [5, 5.41) is 5.44. The van der Waals surface area contributed by atoms with Crippen LogP contribution in [0, 0.1) is 11.8 Å². The van der Waals surface area contributed by atoms with Gasteiger partial charge >= 0.3 is 0 Å². The number of amides is 2. The van der Waals surface area contributed by atoms with E-state index in [1.165, 1.54) is 11.5 Å². The van der Waals surface area contributed by atoms with Crippen LogP contribution < -0.4 is 16.4 Å². The fourth-order valence-corrected chi connectivity index (χ4v) is 3.06. The predicted octanol–water partition coefficient (Wildman–Crippen LogP) is 0.767. The highest BCUT2D eigenvalue weighted by molar-refractivity contribution is 7.99. The van der Waals surface area contributed by atoms with E-state index in [1.807, 2.05) is 25.6 Å². The van der Waals surface area contributed by atoms with E-state index < -0.39 is 6.04 Å². The third-order valence-corrected chi connectivity index (χ3v) is 4.42. The molecule has 4 N–H and O–H groups in total. The van der Waals surface area contributed by atoms with Crippen molar-refractivity contribution in [2.45, 2.75) is 32.7 Å². The molecule has 0 radical (unpaired) electrons. The molecule has 0 aliphatic carbocycles. The van der Waals surface area contributed by atoms with Gasteiger partial charge in [-0.3, -0.25) is 9.59 Å². The van der Waals surface area contributed by atoms with Crippen LogP contribution in [0.15, 0.2) is 0 Å². The van der Waals surface area contributed by atoms with Gasteiger partial charge < -0.3 is 16.4 Å². The summed E-state index contributed by atoms with van der Waals surface area (Å²) in [6, 6.07) is -0.553. The maximum absolute atomic E-state index is 11.6. The molecule has 0 bridgehead atoms. The lowest BCUT2D eigenvalue weighted by atomic mass is 10.0. The summed E-state index contributed by atoms with van der Waals surface area (Å²) in [7, 11) is 0. The summed E-state index contributed by atoms with van der Waals surface area (Å²) in [6.45, 7) is 4.49. The van der Waals surface area contributed by atoms with Crippen molar-refractivity contribution in [2.75, 3.05) is 24.6 Å². The first-order chi connectivity index (χ1) is 9.00. The highest BCUT2D eigenvalue weighted by Crippen LogP contribution is 2.21. The molecule has 0 aromatic carbocycles. The van der Waals surface area contributed by atoms with E-state index in [4.69, 9.17) is 5.73 Å². The number of hydrogen-bond acceptors (Lipinski definition) is 4. The molecule has 0 spiro atoms. The lowest BCUT2D eigenvalue weighted by Gasteiger charge is -2.21. The topological polar surface area (TPSA) is 84.2 Å². The number of thioether (sulfide) groups is 1. The van der Waals surface area contributed by atoms with E-state index in [0.717, 1.165) is 12.8 Å². The Labute approximate surface area is 131 Å². The molecule has 7 heteroatoms. The van der Waals surface area contributed by atoms with Gasteiger partial charge in [-0.25, -0.2) is 0 Å². The van der Waals surface area contributed by atoms with Crippen molar-refractivity contribution in [3.05, 3.63) is 0 Å². The van der Waals surface area contributed by atoms with Gasteiger partial charge in [-0.2, -0.15) is 11.8 Å². The van der Waals surface area contributed by atoms with Crippen LogP contribution in [0.5, 0.6) is 0 Å². The molecule has 0 saturated carbocycles. The molecule has 0 unspecified atom stereocenters. The molecule has 118 valence electrons. The summed E-state index contributed by atoms with van der Waals surface area (Å²) < 4.78 is 0. The summed E-state index contributed by atoms with van der Waals surface area (Å²) >= 11 is 1.97. The van der Waals surface area contributed by atoms with Gasteiger partial charge in [-0.05, 0) is 36.2 Å². The third kappa shape index (κ3) is 7.36. The average molecular weight is 324 g/mol. The average Bonchev–Trinajstić information content (AvgIpc) is 2.42. The van der Waals surface area contributed by atoms with Gasteiger partial charge in [0.1, 0.15) is 0 Å². The van der Waals surface area contributed by atoms with E-state index in [1.54, 1.807) is 0 Å². The van der Waals surface area contributed by atoms with E-state index >= 15 is 0 Å². The lowest BCUT2D eigenvalue weighted by Crippen LogP contribution is -2.47. The second-order valence-electron chi connectivity index (χ2n) is 5.35. The van der Waals surface area contributed by atoms with Crippen LogP contribution in [0.25, 0.3) is 0 Å². The largest absolute Gasteiger partial charge is 0.354 e. The standard InChI is InChI=1S/C13H25N3O2S.ClH/c1-9(2)12(14)13(18)16-8-11(17)15-7-10-3-5-19-6-4-10;/h9-10,12H,3-8,14H2,1-2H3,(H,15,17)(H,16,18);1H/t12-;/m0./s1. The number of carbonyl (C=O) groups is 2. The molecule has 1 heterocycles. The van der Waals surface area contributed by atoms with E-state index in [-0.39, 0.29) is 36.7 Å². The minimum Gasteiger partial charge on any atom is -0.354 e. The van der Waals surface area contributed by atoms with Gasteiger partial charge in [-0.15, -0.1) is 12.4 Å². The monoisotopic (exact) mass is 323 g/mol. The number of carbonyl (C=O) groups excluding carboxylic acids is 2. The molecule has 1 saturated heterocycles. The number of hydrogen-bond donors (Lipinski definition) is 3. The molecular weight excluding hydrogens is 298 g/mol. The zero-order valence-electron chi connectivity index (χ0n) is 12.2. The Balaban J connectivity index is 0.00000361. The van der Waals surface area contributed by atoms with Crippen molar-refractivity contribution in [3.8, 4) is 0 Å². The Bertz CT molecular complexity index is 310. The first-order valence-corrected chi connectivity index (χ1v) is 8.04. The van der Waals surface area contributed by atoms with Crippen LogP contribution in [0.1, 0.15) is 26.7 Å². The van der Waals surface area contributed by atoms with Crippen molar-refractivity contribution in [2.24, 2.45) is 17.6 Å². The summed E-state index contributed by atoms with van der Waals surface area (Å²) in [5.41, 5.74) is 5.69. The quantitative estimate of drug-likeness (QED) is 0.674. The smallest absolute Gasteiger partial charge is 0.239 e. The predicted molar refractivity (Wildman–Crippen MR) is 86.1 cm³/mol. The van der Waals surface area contributed by atoms with Crippen LogP contribution in [-0.2, 0) is 9.59 Å². The van der Waals surface area contributed by atoms with Crippen LogP contribution in [-0.4, -0.2) is 42.5 Å². The molecule has 0 aromatic rings. The Morgan fingerprint density at radius 1 is 1.25 bits per heavy atom. The number of nitrogens with two attached hydrogens (primary N) is 1. The molecule has 5 nitrogen and oxygen atoms in total. The van der Waals surface area contributed by atoms with Crippen molar-refractivity contribution in [3.63, 3.8) is 0 Å². The van der Waals surface area contributed by atoms with Crippen LogP contribution in [0.2, 0.25) is 0 Å². The third-order valence-electron chi connectivity index (χ3n) is 3.37. The fourth-order valence-electron chi connectivity index (χ4n) is 1.86. The Hall–Kier alpha value is -0.460. The summed E-state index contributed by atoms with van der Waals surface area (Å²) in [4.78, 5) is 23.2. The molecule has 20 heavy (non-hydrogen) atoms. The van der Waals surface area contributed by atoms with Gasteiger partial charge in [0.15, 0.2) is 0 Å². The first-order valence-electron chi connectivity index (χ1n) is 6.88. The highest BCUT2D eigenvalue weighted by Gasteiger charge is 2.18. The SMILES string of the molecule is CC(C)[C@H](N)C(=O)NCC(=O)NCC1CCSCC1.Cl. The van der Waals surface area contributed by atoms with Crippen molar-refractivity contribution in [1.29, 1.82) is 0 Å². The zero-order chi connectivity index (χ0) is 14.3. The Morgan fingerprint density at radius 2 is 1.85 bits per heavy atom. The number of halogens is 1. The zero-order valence-corrected chi connectivity index (χ0v) is 13.8. The summed E-state index contributed by atoms with van der Waals surface area (Å²) in [6.07, 6.45) is 2.32. The van der Waals surface area contributed by atoms with Crippen molar-refractivity contribution in [1.82, 2.24) is 10.6 Å². The van der Waals surface area contributed by atoms with Crippen LogP contribution >= 0.6 is 24.2 Å². The molecular formula is C13H26ClN3O2S. The highest BCUT2D eigenvalue weighted by atomic mass is 35.5. The molecule has 1 atom stereocenters. The molecule has 2 amide bonds. The molecule has 1 fully saturated rings. The molecule has 1 rings (SSSR count). The van der Waals surface area contributed by atoms with Gasteiger partial charge in [0.2, 0.25) is 11.8 Å². The minimum absolute atomic E-state index is 0. The van der Waals surface area contributed by atoms with Gasteiger partial charge in [0.05, 0.1) is 12.6 Å². The van der Waals surface area contributed by atoms with E-state index in [9.17, 15) is 9.59 Å². The van der Waals surface area contributed by atoms with Crippen LogP contribution in [0.3, 0.4) is 0 Å². The van der Waals surface area contributed by atoms with Gasteiger partial charge in [0, 0.05) is 6.54 Å². The lowest BCUT2D eigenvalue weighted by molar-refractivity contribution is -0.127. The van der Waals surface area contributed by atoms with E-state index in [0.29, 0.717) is 12.5 Å². The molecule has 1 aliphatic rings. The number of nitrogens with one attached hydrogen (secondary N) is 2. The maximum atomic E-state index is 11.6. The van der Waals surface area contributed by atoms with Gasteiger partial charge in [-0.1, -0.05) is 13.8 Å². The second-order valence-corrected chi connectivity index (χ2v) is 6.57. The van der Waals surface area contributed by atoms with Crippen molar-refractivity contribution < 1.29 is 9.59 Å². The molecule has 0 aromatic heterocycles. The maximum Gasteiger partial charge on any atom is 0.239 e. The second kappa shape index (κ2) is 10.3. The molecule has 1 aliphatic heterocycles. The van der Waals surface area contributed by atoms with Gasteiger partial charge in [0.25, 0.3) is 0 Å². The first kappa shape index (κ1) is 19.5. The Kier molecular flexibility index (Phi) is 10.1. The summed E-state index contributed by atoms with van der Waals surface area (Å²) in [5.74, 6) is 2.62. The number of rotatable bonds is 6. The normalized spacial score (nSPS) is 17.2. The van der Waals surface area contributed by atoms with E-state index in [2.05, 4.69) is 10.6 Å². The fraction of sp³-hybridized carbons (Fsp3) is 0.846. The van der Waals surface area contributed by atoms with Crippen molar-refractivity contribution >= 4 is 36.0 Å². The Morgan fingerprint density at radius 3 is 2.40 bits per heavy atom.